The number of anilines is 1. The van der Waals surface area contributed by atoms with Gasteiger partial charge in [0.2, 0.25) is 0 Å². The van der Waals surface area contributed by atoms with Crippen molar-refractivity contribution in [1.82, 2.24) is 0 Å². The Morgan fingerprint density at radius 1 is 0.810 bits per heavy atom. The molecule has 0 bridgehead atoms. The molecular weight excluding hydrogens is 533 g/mol. The third kappa shape index (κ3) is 3.33. The Kier molecular flexibility index (Phi) is 5.87. The number of hydrogen-bond donors (Lipinski definition) is 0. The van der Waals surface area contributed by atoms with Gasteiger partial charge in [0.05, 0.1) is 20.3 Å². The van der Waals surface area contributed by atoms with Crippen LogP contribution in [0.3, 0.4) is 0 Å². The van der Waals surface area contributed by atoms with Gasteiger partial charge in [0, 0.05) is 33.9 Å². The van der Waals surface area contributed by atoms with Gasteiger partial charge >= 0.3 is 0 Å². The predicted octanol–water partition coefficient (Wildman–Crippen LogP) is 6.16. The van der Waals surface area contributed by atoms with E-state index in [1.165, 1.54) is 38.5 Å². The third-order valence-electron chi connectivity index (χ3n) is 8.88. The van der Waals surface area contributed by atoms with E-state index < -0.39 is 29.2 Å². The number of rotatable bonds is 5. The fourth-order valence-electron chi connectivity index (χ4n) is 7.20. The molecule has 1 aliphatic carbocycles. The normalized spacial score (nSPS) is 21.2. The summed E-state index contributed by atoms with van der Waals surface area (Å²) in [6, 6.07) is 23.3. The molecule has 1 saturated heterocycles. The number of methoxy groups -OCH3 is 2. The number of ether oxygens (including phenoxy) is 2. The first-order chi connectivity index (χ1) is 20.4. The van der Waals surface area contributed by atoms with Crippen LogP contribution in [0.4, 0.5) is 10.1 Å². The van der Waals surface area contributed by atoms with Crippen LogP contribution < -0.4 is 14.4 Å². The maximum absolute atomic E-state index is 14.8. The largest absolute Gasteiger partial charge is 0.493 e. The summed E-state index contributed by atoms with van der Waals surface area (Å²) in [6.45, 7) is 0. The zero-order chi connectivity index (χ0) is 29.2. The standard InChI is InChI=1S/C35H26FNO5/c1-41-27-13-7-11-25(32(27)42-2)29-30(31(38)21-14-17-22(36)18-15-21)37-26-12-6-3-8-20(26)16-19-28(37)35(29)33(39)23-9-4-5-10-24(23)34(35)40/h3-19,28-30H,1-2H3/t28?,29-,30+/m0/s1. The molecule has 0 aromatic heterocycles. The lowest BCUT2D eigenvalue weighted by Gasteiger charge is -2.37. The molecule has 2 aliphatic heterocycles. The molecule has 4 aromatic rings. The highest BCUT2D eigenvalue weighted by atomic mass is 19.1. The maximum Gasteiger partial charge on any atom is 0.185 e. The van der Waals surface area contributed by atoms with E-state index in [4.69, 9.17) is 9.47 Å². The first-order valence-corrected chi connectivity index (χ1v) is 13.7. The molecule has 6 nitrogen and oxygen atoms in total. The summed E-state index contributed by atoms with van der Waals surface area (Å²) < 4.78 is 25.4. The van der Waals surface area contributed by atoms with Crippen LogP contribution in [0.2, 0.25) is 0 Å². The molecule has 42 heavy (non-hydrogen) atoms. The summed E-state index contributed by atoms with van der Waals surface area (Å²) in [5.74, 6) is -1.72. The zero-order valence-electron chi connectivity index (χ0n) is 22.9. The number of carbonyl (C=O) groups is 3. The number of ketones is 3. The molecule has 7 rings (SSSR count). The van der Waals surface area contributed by atoms with Gasteiger partial charge in [-0.1, -0.05) is 66.7 Å². The molecule has 0 saturated carbocycles. The summed E-state index contributed by atoms with van der Waals surface area (Å²) in [4.78, 5) is 46.2. The van der Waals surface area contributed by atoms with E-state index in [1.807, 2.05) is 41.3 Å². The molecule has 2 heterocycles. The smallest absolute Gasteiger partial charge is 0.185 e. The molecule has 0 N–H and O–H groups in total. The molecular formula is C35H26FNO5. The lowest BCUT2D eigenvalue weighted by molar-refractivity contribution is 0.0664. The molecule has 1 spiro atoms. The average Bonchev–Trinajstić information content (AvgIpc) is 3.46. The Bertz CT molecular complexity index is 1780. The van der Waals surface area contributed by atoms with Crippen molar-refractivity contribution >= 4 is 29.1 Å². The highest BCUT2D eigenvalue weighted by Crippen LogP contribution is 2.62. The quantitative estimate of drug-likeness (QED) is 0.216. The first-order valence-electron chi connectivity index (χ1n) is 13.7. The Morgan fingerprint density at radius 2 is 1.48 bits per heavy atom. The van der Waals surface area contributed by atoms with Crippen molar-refractivity contribution in [2.75, 3.05) is 19.1 Å². The number of fused-ring (bicyclic) bond motifs is 5. The van der Waals surface area contributed by atoms with Crippen LogP contribution in [-0.2, 0) is 0 Å². The van der Waals surface area contributed by atoms with E-state index in [9.17, 15) is 18.8 Å². The fourth-order valence-corrected chi connectivity index (χ4v) is 7.20. The van der Waals surface area contributed by atoms with E-state index in [0.29, 0.717) is 28.2 Å². The average molecular weight is 560 g/mol. The van der Waals surface area contributed by atoms with Crippen LogP contribution in [0.1, 0.15) is 48.1 Å². The SMILES string of the molecule is COc1cccc([C@H]2[C@H](C(=O)c3ccc(F)cc3)N3c4ccccc4C=CC3C23C(=O)c2ccccc2C3=O)c1OC. The molecule has 4 aromatic carbocycles. The molecule has 0 radical (unpaired) electrons. The molecule has 1 unspecified atom stereocenters. The number of carbonyl (C=O) groups excluding carboxylic acids is 3. The second-order valence-electron chi connectivity index (χ2n) is 10.7. The van der Waals surface area contributed by atoms with Crippen molar-refractivity contribution in [3.8, 4) is 11.5 Å². The van der Waals surface area contributed by atoms with Crippen molar-refractivity contribution < 1.29 is 28.2 Å². The van der Waals surface area contributed by atoms with Gasteiger partial charge in [-0.25, -0.2) is 4.39 Å². The van der Waals surface area contributed by atoms with E-state index in [1.54, 1.807) is 42.5 Å². The minimum atomic E-state index is -1.69. The van der Waals surface area contributed by atoms with Crippen molar-refractivity contribution in [2.45, 2.75) is 18.0 Å². The van der Waals surface area contributed by atoms with Crippen molar-refractivity contribution in [1.29, 1.82) is 0 Å². The molecule has 0 amide bonds. The number of nitrogens with zero attached hydrogens (tertiary/aromatic N) is 1. The van der Waals surface area contributed by atoms with Crippen LogP contribution in [0.25, 0.3) is 6.08 Å². The van der Waals surface area contributed by atoms with E-state index in [-0.39, 0.29) is 22.9 Å². The second-order valence-corrected chi connectivity index (χ2v) is 10.7. The van der Waals surface area contributed by atoms with Gasteiger partial charge in [0.15, 0.2) is 28.8 Å². The molecule has 1 fully saturated rings. The van der Waals surface area contributed by atoms with Crippen molar-refractivity contribution in [3.63, 3.8) is 0 Å². The molecule has 3 aliphatic rings. The minimum absolute atomic E-state index is 0.270. The monoisotopic (exact) mass is 559 g/mol. The minimum Gasteiger partial charge on any atom is -0.493 e. The summed E-state index contributed by atoms with van der Waals surface area (Å²) in [7, 11) is 3.01. The topological polar surface area (TPSA) is 72.9 Å². The van der Waals surface area contributed by atoms with Gasteiger partial charge in [-0.15, -0.1) is 0 Å². The highest BCUT2D eigenvalue weighted by Gasteiger charge is 2.72. The van der Waals surface area contributed by atoms with Gasteiger partial charge in [-0.3, -0.25) is 14.4 Å². The van der Waals surface area contributed by atoms with Crippen LogP contribution in [0.5, 0.6) is 11.5 Å². The number of Topliss-reactive ketones (excluding diaryl/α,β-unsaturated/α-hetero) is 3. The highest BCUT2D eigenvalue weighted by molar-refractivity contribution is 6.32. The van der Waals surface area contributed by atoms with Gasteiger partial charge in [-0.05, 0) is 42.0 Å². The Balaban J connectivity index is 1.58. The zero-order valence-corrected chi connectivity index (χ0v) is 22.9. The first kappa shape index (κ1) is 25.9. The van der Waals surface area contributed by atoms with Gasteiger partial charge in [0.25, 0.3) is 0 Å². The Morgan fingerprint density at radius 3 is 2.14 bits per heavy atom. The van der Waals surface area contributed by atoms with E-state index in [2.05, 4.69) is 0 Å². The lowest BCUT2D eigenvalue weighted by Crippen LogP contribution is -2.48. The van der Waals surface area contributed by atoms with E-state index >= 15 is 0 Å². The summed E-state index contributed by atoms with van der Waals surface area (Å²) in [5, 5.41) is 0. The third-order valence-corrected chi connectivity index (χ3v) is 8.88. The van der Waals surface area contributed by atoms with Crippen molar-refractivity contribution in [3.05, 3.63) is 131 Å². The number of hydrogen-bond acceptors (Lipinski definition) is 6. The summed E-state index contributed by atoms with van der Waals surface area (Å²) in [5.41, 5.74) is 1.33. The van der Waals surface area contributed by atoms with Gasteiger partial charge < -0.3 is 14.4 Å². The van der Waals surface area contributed by atoms with Gasteiger partial charge in [-0.2, -0.15) is 0 Å². The number of halogens is 1. The molecule has 3 atom stereocenters. The number of para-hydroxylation sites is 2. The maximum atomic E-state index is 14.8. The van der Waals surface area contributed by atoms with Crippen LogP contribution >= 0.6 is 0 Å². The number of benzene rings is 4. The van der Waals surface area contributed by atoms with Crippen LogP contribution in [0, 0.1) is 11.2 Å². The predicted molar refractivity (Wildman–Crippen MR) is 156 cm³/mol. The van der Waals surface area contributed by atoms with Crippen LogP contribution in [0.15, 0.2) is 97.1 Å². The fraction of sp³-hybridized carbons (Fsp3) is 0.171. The lowest BCUT2D eigenvalue weighted by atomic mass is 9.64. The van der Waals surface area contributed by atoms with Crippen LogP contribution in [-0.4, -0.2) is 43.7 Å². The Hall–Kier alpha value is -5.04. The van der Waals surface area contributed by atoms with E-state index in [0.717, 1.165) is 11.3 Å². The molecule has 7 heteroatoms. The summed E-state index contributed by atoms with van der Waals surface area (Å²) in [6.07, 6.45) is 3.77. The van der Waals surface area contributed by atoms with Crippen molar-refractivity contribution in [2.24, 2.45) is 5.41 Å². The van der Waals surface area contributed by atoms with Gasteiger partial charge in [0.1, 0.15) is 17.3 Å². The second kappa shape index (κ2) is 9.52. The Labute approximate surface area is 242 Å². The molecule has 208 valence electrons. The summed E-state index contributed by atoms with van der Waals surface area (Å²) >= 11 is 0.